The van der Waals surface area contributed by atoms with Crippen molar-refractivity contribution in [1.82, 2.24) is 20.5 Å². The van der Waals surface area contributed by atoms with E-state index >= 15 is 0 Å². The second-order valence-electron chi connectivity index (χ2n) is 3.89. The summed E-state index contributed by atoms with van der Waals surface area (Å²) in [5.74, 6) is -0.799. The normalized spacial score (nSPS) is 12.6. The number of halogens is 2. The molecule has 0 amide bonds. The van der Waals surface area contributed by atoms with E-state index in [9.17, 15) is 8.78 Å². The fourth-order valence-electron chi connectivity index (χ4n) is 1.76. The van der Waals surface area contributed by atoms with Crippen LogP contribution < -0.4 is 5.32 Å². The van der Waals surface area contributed by atoms with E-state index in [4.69, 9.17) is 0 Å². The molecule has 18 heavy (non-hydrogen) atoms. The van der Waals surface area contributed by atoms with Crippen molar-refractivity contribution < 1.29 is 8.78 Å². The maximum atomic E-state index is 13.8. The number of H-pyrrole nitrogens is 1. The van der Waals surface area contributed by atoms with Gasteiger partial charge in [-0.2, -0.15) is 5.10 Å². The highest BCUT2D eigenvalue weighted by molar-refractivity contribution is 5.27. The SMILES string of the molecule is CCCNC(c1ncn[nH]1)c1c(F)cccc1F. The molecule has 0 radical (unpaired) electrons. The molecule has 96 valence electrons. The number of hydrogen-bond donors (Lipinski definition) is 2. The second kappa shape index (κ2) is 5.68. The summed E-state index contributed by atoms with van der Waals surface area (Å²) in [7, 11) is 0. The standard InChI is InChI=1S/C12H14F2N4/c1-2-6-15-11(12-16-7-17-18-12)10-8(13)4-3-5-9(10)14/h3-5,7,11,15H,2,6H2,1H3,(H,16,17,18). The first kappa shape index (κ1) is 12.6. The predicted octanol–water partition coefficient (Wildman–Crippen LogP) is 2.17. The van der Waals surface area contributed by atoms with Gasteiger partial charge in [-0.05, 0) is 25.1 Å². The van der Waals surface area contributed by atoms with Crippen LogP contribution in [0.1, 0.15) is 30.8 Å². The lowest BCUT2D eigenvalue weighted by Gasteiger charge is -2.17. The van der Waals surface area contributed by atoms with E-state index in [-0.39, 0.29) is 5.56 Å². The van der Waals surface area contributed by atoms with Crippen molar-refractivity contribution >= 4 is 0 Å². The topological polar surface area (TPSA) is 53.6 Å². The maximum absolute atomic E-state index is 13.8. The zero-order chi connectivity index (χ0) is 13.0. The molecule has 0 aliphatic rings. The van der Waals surface area contributed by atoms with Crippen molar-refractivity contribution in [2.75, 3.05) is 6.54 Å². The van der Waals surface area contributed by atoms with E-state index < -0.39 is 17.7 Å². The van der Waals surface area contributed by atoms with Gasteiger partial charge in [-0.25, -0.2) is 13.8 Å². The first-order valence-electron chi connectivity index (χ1n) is 5.76. The lowest BCUT2D eigenvalue weighted by Crippen LogP contribution is -2.26. The molecule has 4 nitrogen and oxygen atoms in total. The quantitative estimate of drug-likeness (QED) is 0.857. The van der Waals surface area contributed by atoms with Crippen LogP contribution in [0.3, 0.4) is 0 Å². The predicted molar refractivity (Wildman–Crippen MR) is 62.9 cm³/mol. The van der Waals surface area contributed by atoms with Gasteiger partial charge >= 0.3 is 0 Å². The van der Waals surface area contributed by atoms with Crippen LogP contribution in [0.2, 0.25) is 0 Å². The summed E-state index contributed by atoms with van der Waals surface area (Å²) >= 11 is 0. The summed E-state index contributed by atoms with van der Waals surface area (Å²) in [5, 5.41) is 9.41. The van der Waals surface area contributed by atoms with Gasteiger partial charge in [-0.15, -0.1) is 0 Å². The Morgan fingerprint density at radius 3 is 2.61 bits per heavy atom. The van der Waals surface area contributed by atoms with Crippen LogP contribution >= 0.6 is 0 Å². The molecular weight excluding hydrogens is 238 g/mol. The summed E-state index contributed by atoms with van der Waals surface area (Å²) < 4.78 is 27.6. The molecule has 6 heteroatoms. The number of hydrogen-bond acceptors (Lipinski definition) is 3. The van der Waals surface area contributed by atoms with Crippen LogP contribution in [0.5, 0.6) is 0 Å². The Bertz CT molecular complexity index is 479. The average Bonchev–Trinajstić information content (AvgIpc) is 2.86. The molecule has 2 aromatic rings. The van der Waals surface area contributed by atoms with Crippen LogP contribution in [0, 0.1) is 11.6 Å². The van der Waals surface area contributed by atoms with E-state index in [0.717, 1.165) is 6.42 Å². The van der Waals surface area contributed by atoms with Crippen molar-refractivity contribution in [3.05, 3.63) is 47.5 Å². The van der Waals surface area contributed by atoms with Crippen molar-refractivity contribution in [1.29, 1.82) is 0 Å². The zero-order valence-corrected chi connectivity index (χ0v) is 9.95. The van der Waals surface area contributed by atoms with Gasteiger partial charge in [0.1, 0.15) is 23.8 Å². The van der Waals surface area contributed by atoms with Crippen LogP contribution in [-0.4, -0.2) is 21.7 Å². The first-order chi connectivity index (χ1) is 8.74. The molecule has 0 saturated carbocycles. The number of benzene rings is 1. The number of aromatic amines is 1. The summed E-state index contributed by atoms with van der Waals surface area (Å²) in [4.78, 5) is 3.97. The van der Waals surface area contributed by atoms with E-state index in [2.05, 4.69) is 20.5 Å². The van der Waals surface area contributed by atoms with Gasteiger partial charge in [-0.3, -0.25) is 5.10 Å². The molecule has 1 aromatic carbocycles. The Morgan fingerprint density at radius 1 is 1.33 bits per heavy atom. The van der Waals surface area contributed by atoms with Gasteiger partial charge in [0, 0.05) is 5.56 Å². The Kier molecular flexibility index (Phi) is 3.99. The molecule has 1 aromatic heterocycles. The summed E-state index contributed by atoms with van der Waals surface area (Å²) in [6.45, 7) is 2.60. The lowest BCUT2D eigenvalue weighted by molar-refractivity contribution is 0.492. The molecule has 1 atom stereocenters. The molecule has 0 aliphatic heterocycles. The third-order valence-corrected chi connectivity index (χ3v) is 2.59. The molecule has 1 unspecified atom stereocenters. The van der Waals surface area contributed by atoms with Crippen molar-refractivity contribution in [2.24, 2.45) is 0 Å². The molecule has 0 fully saturated rings. The summed E-state index contributed by atoms with van der Waals surface area (Å²) in [6, 6.07) is 3.14. The maximum Gasteiger partial charge on any atom is 0.146 e. The van der Waals surface area contributed by atoms with Crippen molar-refractivity contribution in [2.45, 2.75) is 19.4 Å². The van der Waals surface area contributed by atoms with E-state index in [1.54, 1.807) is 0 Å². The number of nitrogens with zero attached hydrogens (tertiary/aromatic N) is 2. The highest BCUT2D eigenvalue weighted by atomic mass is 19.1. The minimum absolute atomic E-state index is 0.0392. The van der Waals surface area contributed by atoms with Crippen LogP contribution in [0.15, 0.2) is 24.5 Å². The first-order valence-corrected chi connectivity index (χ1v) is 5.76. The Morgan fingerprint density at radius 2 is 2.06 bits per heavy atom. The monoisotopic (exact) mass is 252 g/mol. The van der Waals surface area contributed by atoms with Gasteiger partial charge in [0.2, 0.25) is 0 Å². The largest absolute Gasteiger partial charge is 0.303 e. The summed E-state index contributed by atoms with van der Waals surface area (Å²) in [6.07, 6.45) is 2.16. The van der Waals surface area contributed by atoms with Gasteiger partial charge < -0.3 is 5.32 Å². The number of nitrogens with one attached hydrogen (secondary N) is 2. The third-order valence-electron chi connectivity index (χ3n) is 2.59. The minimum Gasteiger partial charge on any atom is -0.303 e. The van der Waals surface area contributed by atoms with E-state index in [1.807, 2.05) is 6.92 Å². The third kappa shape index (κ3) is 2.53. The Balaban J connectivity index is 2.40. The van der Waals surface area contributed by atoms with Crippen LogP contribution in [0.4, 0.5) is 8.78 Å². The summed E-state index contributed by atoms with van der Waals surface area (Å²) in [5.41, 5.74) is -0.0392. The van der Waals surface area contributed by atoms with Crippen molar-refractivity contribution in [3.8, 4) is 0 Å². The zero-order valence-electron chi connectivity index (χ0n) is 9.95. The molecule has 0 saturated heterocycles. The van der Waals surface area contributed by atoms with Crippen LogP contribution in [0.25, 0.3) is 0 Å². The molecule has 2 N–H and O–H groups in total. The average molecular weight is 252 g/mol. The van der Waals surface area contributed by atoms with E-state index in [1.165, 1.54) is 24.5 Å². The lowest BCUT2D eigenvalue weighted by atomic mass is 10.0. The Hall–Kier alpha value is -1.82. The van der Waals surface area contributed by atoms with E-state index in [0.29, 0.717) is 12.4 Å². The van der Waals surface area contributed by atoms with Crippen molar-refractivity contribution in [3.63, 3.8) is 0 Å². The number of rotatable bonds is 5. The van der Waals surface area contributed by atoms with Gasteiger partial charge in [-0.1, -0.05) is 13.0 Å². The van der Waals surface area contributed by atoms with Gasteiger partial charge in [0.25, 0.3) is 0 Å². The molecule has 2 rings (SSSR count). The van der Waals surface area contributed by atoms with Crippen LogP contribution in [-0.2, 0) is 0 Å². The van der Waals surface area contributed by atoms with Gasteiger partial charge in [0.15, 0.2) is 0 Å². The highest BCUT2D eigenvalue weighted by Crippen LogP contribution is 2.24. The fraction of sp³-hybridized carbons (Fsp3) is 0.333. The van der Waals surface area contributed by atoms with Gasteiger partial charge in [0.05, 0.1) is 6.04 Å². The molecular formula is C12H14F2N4. The smallest absolute Gasteiger partial charge is 0.146 e. The number of aromatic nitrogens is 3. The molecule has 0 spiro atoms. The Labute approximate surface area is 103 Å². The molecule has 0 bridgehead atoms. The second-order valence-corrected chi connectivity index (χ2v) is 3.89. The minimum atomic E-state index is -0.659. The highest BCUT2D eigenvalue weighted by Gasteiger charge is 2.23. The molecule has 0 aliphatic carbocycles. The molecule has 1 heterocycles. The fourth-order valence-corrected chi connectivity index (χ4v) is 1.76.